The number of aryl methyl sites for hydroxylation is 1. The van der Waals surface area contributed by atoms with Crippen LogP contribution in [0, 0.1) is 24.7 Å². The molecule has 4 nitrogen and oxygen atoms in total. The third-order valence-electron chi connectivity index (χ3n) is 5.24. The van der Waals surface area contributed by atoms with Crippen LogP contribution in [0.2, 0.25) is 0 Å². The molecule has 0 spiro atoms. The number of carbonyl (C=O) groups is 1. The standard InChI is InChI=1S/C17H25N3O/c1-10-4-7-13(9-14(10)20(2)3)19-17(21)15-11-5-6-12(8-11)16(15)18/h4,7,9,11-12,15-16H,5-6,8,18H2,1-3H3,(H,19,21). The summed E-state index contributed by atoms with van der Waals surface area (Å²) in [5.41, 5.74) is 9.45. The zero-order chi connectivity index (χ0) is 15.1. The average Bonchev–Trinajstić information content (AvgIpc) is 3.01. The summed E-state index contributed by atoms with van der Waals surface area (Å²) >= 11 is 0. The fraction of sp³-hybridized carbons (Fsp3) is 0.588. The van der Waals surface area contributed by atoms with Crippen LogP contribution in [0.4, 0.5) is 11.4 Å². The molecule has 2 aliphatic rings. The Bertz CT molecular complexity index is 553. The van der Waals surface area contributed by atoms with E-state index in [1.165, 1.54) is 12.0 Å². The maximum atomic E-state index is 12.6. The molecule has 4 atom stereocenters. The van der Waals surface area contributed by atoms with E-state index in [9.17, 15) is 4.79 Å². The highest BCUT2D eigenvalue weighted by Crippen LogP contribution is 2.47. The third kappa shape index (κ3) is 2.53. The second-order valence-electron chi connectivity index (χ2n) is 6.82. The summed E-state index contributed by atoms with van der Waals surface area (Å²) in [6.07, 6.45) is 3.49. The van der Waals surface area contributed by atoms with E-state index in [0.717, 1.165) is 24.2 Å². The van der Waals surface area contributed by atoms with Gasteiger partial charge in [0.2, 0.25) is 5.91 Å². The molecule has 2 aliphatic carbocycles. The van der Waals surface area contributed by atoms with E-state index < -0.39 is 0 Å². The molecule has 2 bridgehead atoms. The number of carbonyl (C=O) groups excluding carboxylic acids is 1. The molecule has 0 saturated heterocycles. The van der Waals surface area contributed by atoms with Gasteiger partial charge in [-0.3, -0.25) is 4.79 Å². The van der Waals surface area contributed by atoms with E-state index in [0.29, 0.717) is 11.8 Å². The number of hydrogen-bond acceptors (Lipinski definition) is 3. The molecule has 0 heterocycles. The van der Waals surface area contributed by atoms with E-state index >= 15 is 0 Å². The first-order chi connectivity index (χ1) is 9.97. The second-order valence-corrected chi connectivity index (χ2v) is 6.82. The summed E-state index contributed by atoms with van der Waals surface area (Å²) in [4.78, 5) is 14.6. The van der Waals surface area contributed by atoms with Crippen molar-refractivity contribution < 1.29 is 4.79 Å². The van der Waals surface area contributed by atoms with Gasteiger partial charge in [0.05, 0.1) is 5.92 Å². The molecule has 114 valence electrons. The van der Waals surface area contributed by atoms with Gasteiger partial charge in [-0.15, -0.1) is 0 Å². The smallest absolute Gasteiger partial charge is 0.229 e. The summed E-state index contributed by atoms with van der Waals surface area (Å²) in [6.45, 7) is 2.08. The lowest BCUT2D eigenvalue weighted by Gasteiger charge is -2.27. The number of fused-ring (bicyclic) bond motifs is 2. The van der Waals surface area contributed by atoms with E-state index in [2.05, 4.69) is 17.1 Å². The Balaban J connectivity index is 1.75. The van der Waals surface area contributed by atoms with Crippen LogP contribution in [-0.4, -0.2) is 26.0 Å². The van der Waals surface area contributed by atoms with Crippen molar-refractivity contribution in [2.75, 3.05) is 24.3 Å². The molecule has 2 fully saturated rings. The van der Waals surface area contributed by atoms with Crippen molar-refractivity contribution in [1.82, 2.24) is 0 Å². The average molecular weight is 287 g/mol. The van der Waals surface area contributed by atoms with Gasteiger partial charge in [-0.05, 0) is 55.7 Å². The van der Waals surface area contributed by atoms with E-state index in [1.54, 1.807) is 0 Å². The number of nitrogens with zero attached hydrogens (tertiary/aromatic N) is 1. The molecule has 1 aromatic rings. The van der Waals surface area contributed by atoms with Gasteiger partial charge < -0.3 is 16.0 Å². The Morgan fingerprint density at radius 1 is 1.29 bits per heavy atom. The Morgan fingerprint density at radius 2 is 2.00 bits per heavy atom. The van der Waals surface area contributed by atoms with Gasteiger partial charge in [-0.1, -0.05) is 6.07 Å². The Morgan fingerprint density at radius 3 is 2.62 bits per heavy atom. The fourth-order valence-corrected chi connectivity index (χ4v) is 4.12. The second kappa shape index (κ2) is 5.34. The molecule has 1 amide bonds. The van der Waals surface area contributed by atoms with Crippen molar-refractivity contribution in [2.24, 2.45) is 23.5 Å². The van der Waals surface area contributed by atoms with Crippen LogP contribution >= 0.6 is 0 Å². The van der Waals surface area contributed by atoms with Gasteiger partial charge in [0.15, 0.2) is 0 Å². The van der Waals surface area contributed by atoms with Gasteiger partial charge in [-0.25, -0.2) is 0 Å². The van der Waals surface area contributed by atoms with E-state index in [-0.39, 0.29) is 17.9 Å². The van der Waals surface area contributed by atoms with Gasteiger partial charge in [0, 0.05) is 31.5 Å². The molecule has 0 aliphatic heterocycles. The zero-order valence-corrected chi connectivity index (χ0v) is 13.1. The van der Waals surface area contributed by atoms with Gasteiger partial charge in [-0.2, -0.15) is 0 Å². The van der Waals surface area contributed by atoms with Crippen LogP contribution in [-0.2, 0) is 4.79 Å². The number of rotatable bonds is 3. The molecule has 21 heavy (non-hydrogen) atoms. The predicted octanol–water partition coefficient (Wildman–Crippen LogP) is 2.37. The van der Waals surface area contributed by atoms with Crippen molar-refractivity contribution in [3.63, 3.8) is 0 Å². The minimum atomic E-state index is -0.00661. The molecule has 3 N–H and O–H groups in total. The molecular weight excluding hydrogens is 262 g/mol. The first kappa shape index (κ1) is 14.4. The SMILES string of the molecule is Cc1ccc(NC(=O)C2C3CCC(C3)C2N)cc1N(C)C. The van der Waals surface area contributed by atoms with Crippen molar-refractivity contribution >= 4 is 17.3 Å². The number of benzene rings is 1. The normalized spacial score (nSPS) is 30.5. The van der Waals surface area contributed by atoms with Crippen molar-refractivity contribution in [3.05, 3.63) is 23.8 Å². The maximum Gasteiger partial charge on any atom is 0.229 e. The Labute approximate surface area is 126 Å². The quantitative estimate of drug-likeness (QED) is 0.897. The highest BCUT2D eigenvalue weighted by molar-refractivity contribution is 5.94. The van der Waals surface area contributed by atoms with E-state index in [1.807, 2.05) is 32.3 Å². The fourth-order valence-electron chi connectivity index (χ4n) is 4.12. The van der Waals surface area contributed by atoms with Crippen molar-refractivity contribution in [1.29, 1.82) is 0 Å². The summed E-state index contributed by atoms with van der Waals surface area (Å²) in [5.74, 6) is 1.14. The van der Waals surface area contributed by atoms with Crippen LogP contribution in [0.1, 0.15) is 24.8 Å². The lowest BCUT2D eigenvalue weighted by molar-refractivity contribution is -0.121. The molecule has 2 saturated carbocycles. The zero-order valence-electron chi connectivity index (χ0n) is 13.1. The number of nitrogens with two attached hydrogens (primary N) is 1. The minimum Gasteiger partial charge on any atom is -0.377 e. The summed E-state index contributed by atoms with van der Waals surface area (Å²) in [6, 6.07) is 6.10. The molecular formula is C17H25N3O. The highest BCUT2D eigenvalue weighted by Gasteiger charge is 2.49. The molecule has 0 aromatic heterocycles. The number of hydrogen-bond donors (Lipinski definition) is 2. The monoisotopic (exact) mass is 287 g/mol. The molecule has 0 radical (unpaired) electrons. The Kier molecular flexibility index (Phi) is 3.66. The van der Waals surface area contributed by atoms with Crippen LogP contribution in [0.3, 0.4) is 0 Å². The lowest BCUT2D eigenvalue weighted by Crippen LogP contribution is -2.42. The van der Waals surface area contributed by atoms with Crippen LogP contribution < -0.4 is 16.0 Å². The summed E-state index contributed by atoms with van der Waals surface area (Å²) < 4.78 is 0. The topological polar surface area (TPSA) is 58.4 Å². The third-order valence-corrected chi connectivity index (χ3v) is 5.24. The van der Waals surface area contributed by atoms with Crippen LogP contribution in [0.25, 0.3) is 0 Å². The van der Waals surface area contributed by atoms with Crippen LogP contribution in [0.5, 0.6) is 0 Å². The molecule has 4 heteroatoms. The summed E-state index contributed by atoms with van der Waals surface area (Å²) in [5, 5.41) is 3.08. The van der Waals surface area contributed by atoms with Crippen molar-refractivity contribution in [2.45, 2.75) is 32.2 Å². The maximum absolute atomic E-state index is 12.6. The number of anilines is 2. The van der Waals surface area contributed by atoms with Gasteiger partial charge in [0.1, 0.15) is 0 Å². The van der Waals surface area contributed by atoms with Gasteiger partial charge >= 0.3 is 0 Å². The van der Waals surface area contributed by atoms with Crippen LogP contribution in [0.15, 0.2) is 18.2 Å². The first-order valence-corrected chi connectivity index (χ1v) is 7.82. The minimum absolute atomic E-state index is 0.00661. The Hall–Kier alpha value is -1.55. The number of amides is 1. The largest absolute Gasteiger partial charge is 0.377 e. The highest BCUT2D eigenvalue weighted by atomic mass is 16.2. The number of nitrogens with one attached hydrogen (secondary N) is 1. The van der Waals surface area contributed by atoms with Gasteiger partial charge in [0.25, 0.3) is 0 Å². The van der Waals surface area contributed by atoms with E-state index in [4.69, 9.17) is 5.73 Å². The first-order valence-electron chi connectivity index (χ1n) is 7.82. The molecule has 4 unspecified atom stereocenters. The molecule has 1 aromatic carbocycles. The lowest BCUT2D eigenvalue weighted by atomic mass is 9.84. The summed E-state index contributed by atoms with van der Waals surface area (Å²) in [7, 11) is 4.03. The van der Waals surface area contributed by atoms with Crippen molar-refractivity contribution in [3.8, 4) is 0 Å². The molecule has 3 rings (SSSR count). The predicted molar refractivity (Wildman–Crippen MR) is 86.4 cm³/mol.